The van der Waals surface area contributed by atoms with E-state index >= 15 is 0 Å². The van der Waals surface area contributed by atoms with Gasteiger partial charge in [0.1, 0.15) is 5.82 Å². The first-order valence-electron chi connectivity index (χ1n) is 5.80. The summed E-state index contributed by atoms with van der Waals surface area (Å²) < 4.78 is 1.60. The average Bonchev–Trinajstić information content (AvgIpc) is 2.65. The maximum absolute atomic E-state index is 12.4. The van der Waals surface area contributed by atoms with Crippen molar-refractivity contribution in [2.24, 2.45) is 0 Å². The monoisotopic (exact) mass is 394 g/mol. The van der Waals surface area contributed by atoms with Gasteiger partial charge >= 0.3 is 0 Å². The number of halogens is 2. The Morgan fingerprint density at radius 3 is 2.40 bits per heavy atom. The van der Waals surface area contributed by atoms with Gasteiger partial charge in [0.2, 0.25) is 0 Å². The first kappa shape index (κ1) is 13.5. The van der Waals surface area contributed by atoms with E-state index in [-0.39, 0.29) is 11.8 Å². The Balaban J connectivity index is 2.11. The van der Waals surface area contributed by atoms with E-state index in [1.54, 1.807) is 30.3 Å². The average molecular weight is 396 g/mol. The van der Waals surface area contributed by atoms with Crippen LogP contribution in [0.2, 0.25) is 0 Å². The number of carbonyl (C=O) groups is 2. The van der Waals surface area contributed by atoms with E-state index in [9.17, 15) is 9.59 Å². The zero-order valence-electron chi connectivity index (χ0n) is 10.4. The highest BCUT2D eigenvalue weighted by atomic mass is 79.9. The molecule has 6 heteroatoms. The lowest BCUT2D eigenvalue weighted by molar-refractivity contribution is 0.0925. The molecule has 2 aromatic rings. The topological polar surface area (TPSA) is 50.3 Å². The van der Waals surface area contributed by atoms with Gasteiger partial charge in [-0.05, 0) is 53.2 Å². The molecule has 0 spiro atoms. The van der Waals surface area contributed by atoms with Crippen molar-refractivity contribution in [2.45, 2.75) is 6.92 Å². The zero-order valence-corrected chi connectivity index (χ0v) is 13.5. The summed E-state index contributed by atoms with van der Waals surface area (Å²) in [6.45, 7) is 1.81. The molecule has 1 aliphatic rings. The maximum Gasteiger partial charge on any atom is 0.267 e. The van der Waals surface area contributed by atoms with Gasteiger partial charge in [0.15, 0.2) is 0 Å². The third kappa shape index (κ3) is 1.99. The van der Waals surface area contributed by atoms with Gasteiger partial charge in [0, 0.05) is 8.95 Å². The van der Waals surface area contributed by atoms with E-state index in [1.807, 2.05) is 6.92 Å². The highest BCUT2D eigenvalue weighted by Crippen LogP contribution is 2.30. The molecule has 100 valence electrons. The molecule has 0 N–H and O–H groups in total. The molecule has 3 rings (SSSR count). The zero-order chi connectivity index (χ0) is 14.4. The van der Waals surface area contributed by atoms with E-state index in [0.29, 0.717) is 16.9 Å². The highest BCUT2D eigenvalue weighted by Gasteiger charge is 2.37. The van der Waals surface area contributed by atoms with Gasteiger partial charge in [-0.3, -0.25) is 9.59 Å². The number of benzene rings is 1. The minimum Gasteiger partial charge on any atom is -0.268 e. The Morgan fingerprint density at radius 1 is 1.00 bits per heavy atom. The second kappa shape index (κ2) is 4.79. The van der Waals surface area contributed by atoms with Gasteiger partial charge in [-0.25, -0.2) is 9.88 Å². The summed E-state index contributed by atoms with van der Waals surface area (Å²) in [7, 11) is 0. The van der Waals surface area contributed by atoms with Crippen molar-refractivity contribution in [1.29, 1.82) is 0 Å². The number of anilines is 1. The third-order valence-corrected chi connectivity index (χ3v) is 4.42. The first-order valence-corrected chi connectivity index (χ1v) is 7.39. The largest absolute Gasteiger partial charge is 0.268 e. The van der Waals surface area contributed by atoms with E-state index in [4.69, 9.17) is 0 Å². The van der Waals surface area contributed by atoms with Crippen molar-refractivity contribution in [2.75, 3.05) is 4.90 Å². The number of imide groups is 1. The fourth-order valence-corrected chi connectivity index (χ4v) is 2.66. The molecule has 0 bridgehead atoms. The summed E-state index contributed by atoms with van der Waals surface area (Å²) in [5.41, 5.74) is 1.52. The summed E-state index contributed by atoms with van der Waals surface area (Å²) in [4.78, 5) is 30.1. The number of carbonyl (C=O) groups excluding carboxylic acids is 2. The van der Waals surface area contributed by atoms with Crippen LogP contribution in [-0.2, 0) is 0 Å². The molecule has 20 heavy (non-hydrogen) atoms. The van der Waals surface area contributed by atoms with Gasteiger partial charge < -0.3 is 0 Å². The SMILES string of the molecule is Cc1nc(N2C(=O)c3ccc(Br)cc3C2=O)ccc1Br. The molecule has 0 unspecified atom stereocenters. The van der Waals surface area contributed by atoms with E-state index in [1.165, 1.54) is 0 Å². The fraction of sp³-hybridized carbons (Fsp3) is 0.0714. The van der Waals surface area contributed by atoms with Crippen molar-refractivity contribution in [3.8, 4) is 0 Å². The Morgan fingerprint density at radius 2 is 1.70 bits per heavy atom. The molecular weight excluding hydrogens is 388 g/mol. The third-order valence-electron chi connectivity index (χ3n) is 3.08. The van der Waals surface area contributed by atoms with Gasteiger partial charge in [0.25, 0.3) is 11.8 Å². The van der Waals surface area contributed by atoms with Crippen LogP contribution in [0.5, 0.6) is 0 Å². The number of pyridine rings is 1. The van der Waals surface area contributed by atoms with E-state index < -0.39 is 0 Å². The molecule has 2 heterocycles. The Labute approximate surface area is 132 Å². The first-order chi connectivity index (χ1) is 9.49. The quantitative estimate of drug-likeness (QED) is 0.691. The minimum atomic E-state index is -0.347. The van der Waals surface area contributed by atoms with Crippen LogP contribution < -0.4 is 4.90 Å². The number of aromatic nitrogens is 1. The van der Waals surface area contributed by atoms with Crippen molar-refractivity contribution in [3.05, 3.63) is 56.1 Å². The molecule has 0 fully saturated rings. The van der Waals surface area contributed by atoms with Crippen molar-refractivity contribution >= 4 is 49.5 Å². The van der Waals surface area contributed by atoms with Crippen LogP contribution in [0.1, 0.15) is 26.4 Å². The predicted octanol–water partition coefficient (Wildman–Crippen LogP) is 3.72. The summed E-state index contributed by atoms with van der Waals surface area (Å²) >= 11 is 6.65. The van der Waals surface area contributed by atoms with Gasteiger partial charge in [0.05, 0.1) is 16.8 Å². The Hall–Kier alpha value is -1.53. The molecule has 2 amide bonds. The van der Waals surface area contributed by atoms with Crippen LogP contribution in [0, 0.1) is 6.92 Å². The summed E-state index contributed by atoms with van der Waals surface area (Å²) in [6.07, 6.45) is 0. The Bertz CT molecular complexity index is 759. The molecule has 0 saturated carbocycles. The fourth-order valence-electron chi connectivity index (χ4n) is 2.08. The molecular formula is C14H8Br2N2O2. The Kier molecular flexibility index (Phi) is 3.22. The highest BCUT2D eigenvalue weighted by molar-refractivity contribution is 9.10. The van der Waals surface area contributed by atoms with Crippen molar-refractivity contribution < 1.29 is 9.59 Å². The van der Waals surface area contributed by atoms with Crippen LogP contribution in [0.3, 0.4) is 0 Å². The summed E-state index contributed by atoms with van der Waals surface area (Å²) in [6, 6.07) is 8.46. The van der Waals surface area contributed by atoms with Crippen molar-refractivity contribution in [1.82, 2.24) is 4.98 Å². The maximum atomic E-state index is 12.4. The molecule has 4 nitrogen and oxygen atoms in total. The lowest BCUT2D eigenvalue weighted by atomic mass is 10.1. The van der Waals surface area contributed by atoms with Gasteiger partial charge in [-0.15, -0.1) is 0 Å². The van der Waals surface area contributed by atoms with Crippen LogP contribution in [-0.4, -0.2) is 16.8 Å². The standard InChI is InChI=1S/C14H8Br2N2O2/c1-7-11(16)4-5-12(17-7)18-13(19)9-3-2-8(15)6-10(9)14(18)20/h2-6H,1H3. The number of nitrogens with zero attached hydrogens (tertiary/aromatic N) is 2. The smallest absolute Gasteiger partial charge is 0.267 e. The second-order valence-corrected chi connectivity index (χ2v) is 6.14. The van der Waals surface area contributed by atoms with Crippen LogP contribution in [0.15, 0.2) is 39.3 Å². The molecule has 0 aliphatic carbocycles. The number of rotatable bonds is 1. The van der Waals surface area contributed by atoms with Crippen LogP contribution >= 0.6 is 31.9 Å². The second-order valence-electron chi connectivity index (χ2n) is 4.37. The van der Waals surface area contributed by atoms with E-state index in [2.05, 4.69) is 36.8 Å². The summed E-state index contributed by atoms with van der Waals surface area (Å²) in [5, 5.41) is 0. The number of amides is 2. The minimum absolute atomic E-state index is 0.341. The molecule has 0 atom stereocenters. The predicted molar refractivity (Wildman–Crippen MR) is 82.0 cm³/mol. The van der Waals surface area contributed by atoms with Gasteiger partial charge in [-0.2, -0.15) is 0 Å². The molecule has 0 radical (unpaired) electrons. The normalized spacial score (nSPS) is 13.8. The number of hydrogen-bond donors (Lipinski definition) is 0. The molecule has 1 aromatic carbocycles. The number of aryl methyl sites for hydroxylation is 1. The lowest BCUT2D eigenvalue weighted by Gasteiger charge is -2.13. The lowest BCUT2D eigenvalue weighted by Crippen LogP contribution is -2.30. The van der Waals surface area contributed by atoms with Crippen LogP contribution in [0.4, 0.5) is 5.82 Å². The summed E-state index contributed by atoms with van der Waals surface area (Å²) in [5.74, 6) is -0.347. The van der Waals surface area contributed by atoms with Crippen molar-refractivity contribution in [3.63, 3.8) is 0 Å². The van der Waals surface area contributed by atoms with E-state index in [0.717, 1.165) is 19.5 Å². The molecule has 1 aliphatic heterocycles. The van der Waals surface area contributed by atoms with Gasteiger partial charge in [-0.1, -0.05) is 15.9 Å². The number of hydrogen-bond acceptors (Lipinski definition) is 3. The van der Waals surface area contributed by atoms with Crippen LogP contribution in [0.25, 0.3) is 0 Å². The molecule has 0 saturated heterocycles. The molecule has 1 aromatic heterocycles. The number of fused-ring (bicyclic) bond motifs is 1.